The molecule has 0 bridgehead atoms. The predicted octanol–water partition coefficient (Wildman–Crippen LogP) is 1.29. The van der Waals surface area contributed by atoms with Crippen LogP contribution in [0.15, 0.2) is 0 Å². The van der Waals surface area contributed by atoms with E-state index in [1.807, 2.05) is 6.92 Å². The van der Waals surface area contributed by atoms with Gasteiger partial charge in [-0.2, -0.15) is 0 Å². The Hall–Kier alpha value is -0.770. The van der Waals surface area contributed by atoms with Gasteiger partial charge in [0.1, 0.15) is 0 Å². The number of hydrogen-bond acceptors (Lipinski definition) is 2. The first-order valence-electron chi connectivity index (χ1n) is 5.83. The summed E-state index contributed by atoms with van der Waals surface area (Å²) in [6.07, 6.45) is 4.25. The summed E-state index contributed by atoms with van der Waals surface area (Å²) in [4.78, 5) is 13.1. The van der Waals surface area contributed by atoms with E-state index in [0.717, 1.165) is 31.6 Å². The Morgan fingerprint density at radius 3 is 2.33 bits per heavy atom. The first-order chi connectivity index (χ1) is 7.05. The van der Waals surface area contributed by atoms with Gasteiger partial charge in [0.2, 0.25) is 0 Å². The Balaban J connectivity index is 2.79. The SMILES string of the molecule is CCN(C(N)=O)C1(CN)CCC(C)CC1. The molecule has 1 fully saturated rings. The summed E-state index contributed by atoms with van der Waals surface area (Å²) in [5.74, 6) is 0.747. The van der Waals surface area contributed by atoms with Gasteiger partial charge in [0.25, 0.3) is 0 Å². The molecule has 0 aromatic rings. The number of carbonyl (C=O) groups excluding carboxylic acids is 1. The van der Waals surface area contributed by atoms with Crippen molar-refractivity contribution < 1.29 is 4.79 Å². The molecule has 0 spiro atoms. The van der Waals surface area contributed by atoms with Gasteiger partial charge < -0.3 is 16.4 Å². The zero-order valence-corrected chi connectivity index (χ0v) is 9.83. The van der Waals surface area contributed by atoms with Gasteiger partial charge >= 0.3 is 6.03 Å². The van der Waals surface area contributed by atoms with Crippen LogP contribution in [0.1, 0.15) is 39.5 Å². The number of nitrogens with two attached hydrogens (primary N) is 2. The monoisotopic (exact) mass is 213 g/mol. The van der Waals surface area contributed by atoms with E-state index in [4.69, 9.17) is 11.5 Å². The Bertz CT molecular complexity index is 222. The Morgan fingerprint density at radius 2 is 2.00 bits per heavy atom. The maximum Gasteiger partial charge on any atom is 0.315 e. The van der Waals surface area contributed by atoms with Crippen LogP contribution in [-0.2, 0) is 0 Å². The molecule has 4 N–H and O–H groups in total. The molecule has 0 radical (unpaired) electrons. The largest absolute Gasteiger partial charge is 0.351 e. The lowest BCUT2D eigenvalue weighted by atomic mass is 9.76. The van der Waals surface area contributed by atoms with Crippen molar-refractivity contribution in [2.24, 2.45) is 17.4 Å². The summed E-state index contributed by atoms with van der Waals surface area (Å²) in [5, 5.41) is 0. The topological polar surface area (TPSA) is 72.3 Å². The summed E-state index contributed by atoms with van der Waals surface area (Å²) < 4.78 is 0. The predicted molar refractivity (Wildman–Crippen MR) is 61.4 cm³/mol. The van der Waals surface area contributed by atoms with E-state index in [-0.39, 0.29) is 11.6 Å². The summed E-state index contributed by atoms with van der Waals surface area (Å²) >= 11 is 0. The van der Waals surface area contributed by atoms with Crippen LogP contribution < -0.4 is 11.5 Å². The first kappa shape index (κ1) is 12.3. The number of likely N-dealkylation sites (N-methyl/N-ethyl adjacent to an activating group) is 1. The quantitative estimate of drug-likeness (QED) is 0.741. The van der Waals surface area contributed by atoms with Crippen LogP contribution in [0.25, 0.3) is 0 Å². The van der Waals surface area contributed by atoms with Crippen LogP contribution in [0.5, 0.6) is 0 Å². The second-order valence-corrected chi connectivity index (χ2v) is 4.69. The van der Waals surface area contributed by atoms with E-state index in [0.29, 0.717) is 13.1 Å². The van der Waals surface area contributed by atoms with Crippen LogP contribution in [0.3, 0.4) is 0 Å². The second-order valence-electron chi connectivity index (χ2n) is 4.69. The van der Waals surface area contributed by atoms with Gasteiger partial charge in [0, 0.05) is 13.1 Å². The highest BCUT2D eigenvalue weighted by atomic mass is 16.2. The molecule has 2 amide bonds. The highest BCUT2D eigenvalue weighted by Crippen LogP contribution is 2.35. The number of hydrogen-bond donors (Lipinski definition) is 2. The highest BCUT2D eigenvalue weighted by Gasteiger charge is 2.39. The Morgan fingerprint density at radius 1 is 1.47 bits per heavy atom. The molecule has 1 aliphatic carbocycles. The molecule has 1 rings (SSSR count). The van der Waals surface area contributed by atoms with Gasteiger partial charge in [0.15, 0.2) is 0 Å². The average Bonchev–Trinajstić information content (AvgIpc) is 2.22. The molecule has 1 saturated carbocycles. The van der Waals surface area contributed by atoms with Crippen LogP contribution in [0.4, 0.5) is 4.79 Å². The normalized spacial score (nSPS) is 31.3. The molecule has 88 valence electrons. The third-order valence-electron chi connectivity index (χ3n) is 3.74. The van der Waals surface area contributed by atoms with Gasteiger partial charge in [0.05, 0.1) is 5.54 Å². The molecule has 0 atom stereocenters. The van der Waals surface area contributed by atoms with Crippen LogP contribution in [0, 0.1) is 5.92 Å². The number of nitrogens with zero attached hydrogens (tertiary/aromatic N) is 1. The van der Waals surface area contributed by atoms with Crippen molar-refractivity contribution in [3.8, 4) is 0 Å². The summed E-state index contributed by atoms with van der Waals surface area (Å²) in [6.45, 7) is 5.39. The standard InChI is InChI=1S/C11H23N3O/c1-3-14(10(13)15)11(8-12)6-4-9(2)5-7-11/h9H,3-8,12H2,1-2H3,(H2,13,15). The molecule has 0 aromatic carbocycles. The van der Waals surface area contributed by atoms with Crippen molar-refractivity contribution in [1.29, 1.82) is 0 Å². The minimum absolute atomic E-state index is 0.174. The van der Waals surface area contributed by atoms with Crippen LogP contribution >= 0.6 is 0 Å². The van der Waals surface area contributed by atoms with E-state index < -0.39 is 0 Å². The summed E-state index contributed by atoms with van der Waals surface area (Å²) in [7, 11) is 0. The maximum absolute atomic E-state index is 11.4. The molecular weight excluding hydrogens is 190 g/mol. The Labute approximate surface area is 92.0 Å². The van der Waals surface area contributed by atoms with E-state index in [1.165, 1.54) is 0 Å². The number of urea groups is 1. The highest BCUT2D eigenvalue weighted by molar-refractivity contribution is 5.73. The average molecular weight is 213 g/mol. The zero-order valence-electron chi connectivity index (χ0n) is 9.83. The van der Waals surface area contributed by atoms with Gasteiger partial charge in [-0.15, -0.1) is 0 Å². The lowest BCUT2D eigenvalue weighted by Gasteiger charge is -2.46. The first-order valence-corrected chi connectivity index (χ1v) is 5.83. The molecule has 0 heterocycles. The third kappa shape index (κ3) is 2.43. The number of rotatable bonds is 3. The smallest absolute Gasteiger partial charge is 0.315 e. The third-order valence-corrected chi connectivity index (χ3v) is 3.74. The van der Waals surface area contributed by atoms with Gasteiger partial charge in [-0.05, 0) is 38.5 Å². The van der Waals surface area contributed by atoms with E-state index >= 15 is 0 Å². The summed E-state index contributed by atoms with van der Waals surface area (Å²) in [6, 6.07) is -0.336. The van der Waals surface area contributed by atoms with E-state index in [1.54, 1.807) is 4.90 Å². The van der Waals surface area contributed by atoms with Gasteiger partial charge in [-0.3, -0.25) is 0 Å². The molecule has 15 heavy (non-hydrogen) atoms. The lowest BCUT2D eigenvalue weighted by molar-refractivity contribution is 0.0795. The molecule has 4 heteroatoms. The van der Waals surface area contributed by atoms with Crippen molar-refractivity contribution >= 4 is 6.03 Å². The van der Waals surface area contributed by atoms with Crippen molar-refractivity contribution in [2.75, 3.05) is 13.1 Å². The van der Waals surface area contributed by atoms with Crippen molar-refractivity contribution in [2.45, 2.75) is 45.1 Å². The molecule has 0 unspecified atom stereocenters. The lowest BCUT2D eigenvalue weighted by Crippen LogP contribution is -2.59. The van der Waals surface area contributed by atoms with Crippen LogP contribution in [0.2, 0.25) is 0 Å². The fourth-order valence-electron chi connectivity index (χ4n) is 2.61. The van der Waals surface area contributed by atoms with Gasteiger partial charge in [-0.1, -0.05) is 6.92 Å². The van der Waals surface area contributed by atoms with Crippen molar-refractivity contribution in [3.05, 3.63) is 0 Å². The molecule has 1 aliphatic rings. The molecule has 4 nitrogen and oxygen atoms in total. The fraction of sp³-hybridized carbons (Fsp3) is 0.909. The Kier molecular flexibility index (Phi) is 3.97. The summed E-state index contributed by atoms with van der Waals surface area (Å²) in [5.41, 5.74) is 11.1. The molecule has 0 aromatic heterocycles. The number of carbonyl (C=O) groups is 1. The van der Waals surface area contributed by atoms with Crippen molar-refractivity contribution in [3.63, 3.8) is 0 Å². The van der Waals surface area contributed by atoms with Gasteiger partial charge in [-0.25, -0.2) is 4.79 Å². The second kappa shape index (κ2) is 4.84. The minimum Gasteiger partial charge on any atom is -0.351 e. The number of primary amides is 1. The van der Waals surface area contributed by atoms with Crippen molar-refractivity contribution in [1.82, 2.24) is 4.90 Å². The zero-order chi connectivity index (χ0) is 11.5. The molecular formula is C11H23N3O. The molecule has 0 aliphatic heterocycles. The molecule has 0 saturated heterocycles. The maximum atomic E-state index is 11.4. The number of amides is 2. The van der Waals surface area contributed by atoms with E-state index in [9.17, 15) is 4.79 Å². The van der Waals surface area contributed by atoms with E-state index in [2.05, 4.69) is 6.92 Å². The van der Waals surface area contributed by atoms with Crippen LogP contribution in [-0.4, -0.2) is 29.6 Å². The minimum atomic E-state index is -0.336. The fourth-order valence-corrected chi connectivity index (χ4v) is 2.61.